The van der Waals surface area contributed by atoms with E-state index in [-0.39, 0.29) is 24.8 Å². The van der Waals surface area contributed by atoms with Crippen LogP contribution in [0.3, 0.4) is 0 Å². The summed E-state index contributed by atoms with van der Waals surface area (Å²) in [5, 5.41) is 11.6. The van der Waals surface area contributed by atoms with Crippen molar-refractivity contribution in [3.05, 3.63) is 42.5 Å². The highest BCUT2D eigenvalue weighted by Gasteiger charge is 2.15. The van der Waals surface area contributed by atoms with E-state index in [0.29, 0.717) is 11.7 Å². The number of amides is 1. The van der Waals surface area contributed by atoms with Crippen LogP contribution in [0.1, 0.15) is 12.5 Å². The van der Waals surface area contributed by atoms with Crippen LogP contribution < -0.4 is 5.32 Å². The van der Waals surface area contributed by atoms with Crippen molar-refractivity contribution in [1.29, 1.82) is 0 Å². The molecule has 0 unspecified atom stereocenters. The van der Waals surface area contributed by atoms with Gasteiger partial charge in [-0.2, -0.15) is 0 Å². The first kappa shape index (κ1) is 19.7. The van der Waals surface area contributed by atoms with Crippen molar-refractivity contribution in [3.8, 4) is 11.4 Å². The van der Waals surface area contributed by atoms with Gasteiger partial charge in [-0.15, -0.1) is 16.8 Å². The van der Waals surface area contributed by atoms with Crippen LogP contribution in [-0.4, -0.2) is 45.5 Å². The lowest BCUT2D eigenvalue weighted by atomic mass is 10.1. The second-order valence-corrected chi connectivity index (χ2v) is 6.38. The van der Waals surface area contributed by atoms with E-state index in [2.05, 4.69) is 22.1 Å². The van der Waals surface area contributed by atoms with E-state index in [9.17, 15) is 9.59 Å². The van der Waals surface area contributed by atoms with E-state index in [1.807, 2.05) is 35.8 Å². The molecule has 1 aromatic heterocycles. The van der Waals surface area contributed by atoms with Crippen LogP contribution in [-0.2, 0) is 20.9 Å². The zero-order chi connectivity index (χ0) is 18.9. The molecule has 8 heteroatoms. The molecule has 0 saturated heterocycles. The van der Waals surface area contributed by atoms with Gasteiger partial charge in [-0.3, -0.25) is 14.2 Å². The van der Waals surface area contributed by atoms with Gasteiger partial charge in [-0.25, -0.2) is 0 Å². The third-order valence-corrected chi connectivity index (χ3v) is 4.37. The summed E-state index contributed by atoms with van der Waals surface area (Å²) >= 11 is 1.26. The van der Waals surface area contributed by atoms with Gasteiger partial charge in [-0.05, 0) is 13.8 Å². The summed E-state index contributed by atoms with van der Waals surface area (Å²) in [4.78, 5) is 23.2. The topological polar surface area (TPSA) is 86.1 Å². The van der Waals surface area contributed by atoms with Gasteiger partial charge in [0.2, 0.25) is 5.91 Å². The lowest BCUT2D eigenvalue weighted by Crippen LogP contribution is -2.31. The second-order valence-electron chi connectivity index (χ2n) is 5.44. The van der Waals surface area contributed by atoms with Crippen molar-refractivity contribution >= 4 is 23.6 Å². The number of benzene rings is 1. The van der Waals surface area contributed by atoms with Crippen LogP contribution >= 0.6 is 11.8 Å². The third-order valence-electron chi connectivity index (χ3n) is 3.41. The number of nitrogens with zero attached hydrogens (tertiary/aromatic N) is 3. The van der Waals surface area contributed by atoms with E-state index in [1.165, 1.54) is 11.8 Å². The molecule has 2 aromatic rings. The quantitative estimate of drug-likeness (QED) is 0.411. The van der Waals surface area contributed by atoms with Crippen LogP contribution in [0.4, 0.5) is 0 Å². The normalized spacial score (nSPS) is 10.4. The Kier molecular flexibility index (Phi) is 7.40. The van der Waals surface area contributed by atoms with Gasteiger partial charge in [0.05, 0.1) is 12.4 Å². The number of carbonyl (C=O) groups excluding carboxylic acids is 2. The van der Waals surface area contributed by atoms with Crippen LogP contribution in [0.2, 0.25) is 0 Å². The SMILES string of the molecule is C=CCn1c(SCC(=O)NCC(=O)OCC)nnc1-c1ccc(C)cc1. The van der Waals surface area contributed by atoms with Crippen LogP contribution in [0, 0.1) is 6.92 Å². The van der Waals surface area contributed by atoms with E-state index in [0.717, 1.165) is 17.0 Å². The first-order chi connectivity index (χ1) is 12.5. The Bertz CT molecular complexity index is 771. The minimum Gasteiger partial charge on any atom is -0.465 e. The first-order valence-corrected chi connectivity index (χ1v) is 9.20. The number of aromatic nitrogens is 3. The Morgan fingerprint density at radius 3 is 2.69 bits per heavy atom. The maximum atomic E-state index is 11.9. The number of carbonyl (C=O) groups is 2. The largest absolute Gasteiger partial charge is 0.465 e. The third kappa shape index (κ3) is 5.45. The fourth-order valence-corrected chi connectivity index (χ4v) is 2.95. The molecule has 0 aliphatic carbocycles. The molecule has 2 rings (SSSR count). The Labute approximate surface area is 156 Å². The Hall–Kier alpha value is -2.61. The summed E-state index contributed by atoms with van der Waals surface area (Å²) < 4.78 is 6.67. The maximum Gasteiger partial charge on any atom is 0.325 e. The van der Waals surface area contributed by atoms with Gasteiger partial charge in [0.25, 0.3) is 0 Å². The lowest BCUT2D eigenvalue weighted by molar-refractivity contribution is -0.143. The average Bonchev–Trinajstić information content (AvgIpc) is 3.02. The predicted octanol–water partition coefficient (Wildman–Crippen LogP) is 2.21. The molecular weight excluding hydrogens is 352 g/mol. The molecule has 0 radical (unpaired) electrons. The van der Waals surface area contributed by atoms with Gasteiger partial charge < -0.3 is 10.1 Å². The molecule has 1 amide bonds. The highest BCUT2D eigenvalue weighted by molar-refractivity contribution is 7.99. The molecular formula is C18H22N4O3S. The minimum atomic E-state index is -0.456. The molecule has 1 heterocycles. The summed E-state index contributed by atoms with van der Waals surface area (Å²) in [6, 6.07) is 7.99. The molecule has 138 valence electrons. The maximum absolute atomic E-state index is 11.9. The zero-order valence-electron chi connectivity index (χ0n) is 14.9. The molecule has 0 atom stereocenters. The number of esters is 1. The van der Waals surface area contributed by atoms with Crippen molar-refractivity contribution in [2.45, 2.75) is 25.5 Å². The number of aryl methyl sites for hydroxylation is 1. The van der Waals surface area contributed by atoms with E-state index < -0.39 is 5.97 Å². The Balaban J connectivity index is 2.03. The molecule has 0 fully saturated rings. The Morgan fingerprint density at radius 2 is 2.04 bits per heavy atom. The van der Waals surface area contributed by atoms with Gasteiger partial charge in [0.1, 0.15) is 6.54 Å². The monoisotopic (exact) mass is 374 g/mol. The van der Waals surface area contributed by atoms with Gasteiger partial charge in [0.15, 0.2) is 11.0 Å². The van der Waals surface area contributed by atoms with E-state index in [4.69, 9.17) is 4.74 Å². The zero-order valence-corrected chi connectivity index (χ0v) is 15.7. The number of nitrogens with one attached hydrogen (secondary N) is 1. The summed E-state index contributed by atoms with van der Waals surface area (Å²) in [7, 11) is 0. The first-order valence-electron chi connectivity index (χ1n) is 8.21. The van der Waals surface area contributed by atoms with E-state index >= 15 is 0 Å². The highest BCUT2D eigenvalue weighted by atomic mass is 32.2. The molecule has 1 N–H and O–H groups in total. The second kappa shape index (κ2) is 9.76. The van der Waals surface area contributed by atoms with Crippen molar-refractivity contribution in [2.75, 3.05) is 18.9 Å². The molecule has 1 aromatic carbocycles. The number of ether oxygens (including phenoxy) is 1. The van der Waals surface area contributed by atoms with Gasteiger partial charge in [0, 0.05) is 12.1 Å². The van der Waals surface area contributed by atoms with Gasteiger partial charge >= 0.3 is 5.97 Å². The molecule has 0 aliphatic rings. The lowest BCUT2D eigenvalue weighted by Gasteiger charge is -2.08. The average molecular weight is 374 g/mol. The van der Waals surface area contributed by atoms with Crippen LogP contribution in [0.5, 0.6) is 0 Å². The van der Waals surface area contributed by atoms with Gasteiger partial charge in [-0.1, -0.05) is 47.7 Å². The smallest absolute Gasteiger partial charge is 0.325 e. The van der Waals surface area contributed by atoms with Crippen LogP contribution in [0.25, 0.3) is 11.4 Å². The molecule has 0 spiro atoms. The number of hydrogen-bond donors (Lipinski definition) is 1. The molecule has 0 bridgehead atoms. The van der Waals surface area contributed by atoms with Crippen molar-refractivity contribution in [3.63, 3.8) is 0 Å². The molecule has 0 aliphatic heterocycles. The van der Waals surface area contributed by atoms with Crippen molar-refractivity contribution in [1.82, 2.24) is 20.1 Å². The number of allylic oxidation sites excluding steroid dienone is 1. The fourth-order valence-electron chi connectivity index (χ4n) is 2.17. The molecule has 7 nitrogen and oxygen atoms in total. The number of rotatable bonds is 9. The van der Waals surface area contributed by atoms with Crippen molar-refractivity contribution in [2.24, 2.45) is 0 Å². The summed E-state index contributed by atoms with van der Waals surface area (Å²) in [5.74, 6) is 0.123. The number of hydrogen-bond acceptors (Lipinski definition) is 6. The predicted molar refractivity (Wildman–Crippen MR) is 101 cm³/mol. The Morgan fingerprint density at radius 1 is 1.31 bits per heavy atom. The molecule has 0 saturated carbocycles. The highest BCUT2D eigenvalue weighted by Crippen LogP contribution is 2.24. The van der Waals surface area contributed by atoms with Crippen molar-refractivity contribution < 1.29 is 14.3 Å². The standard InChI is InChI=1S/C18H22N4O3S/c1-4-10-22-17(14-8-6-13(3)7-9-14)20-21-18(22)26-12-15(23)19-11-16(24)25-5-2/h4,6-9H,1,5,10-12H2,2-3H3,(H,19,23). The minimum absolute atomic E-state index is 0.128. The van der Waals surface area contributed by atoms with Crippen LogP contribution in [0.15, 0.2) is 42.1 Å². The summed E-state index contributed by atoms with van der Waals surface area (Å²) in [5.41, 5.74) is 2.11. The summed E-state index contributed by atoms with van der Waals surface area (Å²) in [6.07, 6.45) is 1.76. The fraction of sp³-hybridized carbons (Fsp3) is 0.333. The summed E-state index contributed by atoms with van der Waals surface area (Å²) in [6.45, 7) is 8.19. The molecule has 26 heavy (non-hydrogen) atoms. The number of thioether (sulfide) groups is 1. The van der Waals surface area contributed by atoms with E-state index in [1.54, 1.807) is 13.0 Å².